The fourth-order valence-electron chi connectivity index (χ4n) is 3.39. The zero-order valence-corrected chi connectivity index (χ0v) is 12.3. The zero-order valence-electron chi connectivity index (χ0n) is 12.3. The molecule has 0 aromatic heterocycles. The van der Waals surface area contributed by atoms with Crippen molar-refractivity contribution in [2.75, 3.05) is 13.1 Å². The van der Waals surface area contributed by atoms with E-state index in [1.165, 1.54) is 16.7 Å². The van der Waals surface area contributed by atoms with E-state index in [1.54, 1.807) is 0 Å². The monoisotopic (exact) mass is 269 g/mol. The highest BCUT2D eigenvalue weighted by molar-refractivity contribution is 5.94. The second-order valence-corrected chi connectivity index (χ2v) is 5.89. The molecule has 1 aliphatic heterocycles. The Balaban J connectivity index is 2.14. The van der Waals surface area contributed by atoms with E-state index in [1.807, 2.05) is 0 Å². The van der Waals surface area contributed by atoms with Gasteiger partial charge in [0.1, 0.15) is 11.4 Å². The van der Waals surface area contributed by atoms with Crippen LogP contribution in [0.1, 0.15) is 29.5 Å². The molecule has 3 rings (SSSR count). The molecule has 20 heavy (non-hydrogen) atoms. The van der Waals surface area contributed by atoms with Crippen LogP contribution >= 0.6 is 0 Å². The summed E-state index contributed by atoms with van der Waals surface area (Å²) in [6.07, 6.45) is 6.73. The number of benzene rings is 1. The van der Waals surface area contributed by atoms with Crippen molar-refractivity contribution in [1.82, 2.24) is 5.32 Å². The topological polar surface area (TPSA) is 50.4 Å². The summed E-state index contributed by atoms with van der Waals surface area (Å²) in [6.45, 7) is 6.04. The van der Waals surface area contributed by atoms with Gasteiger partial charge in [0.25, 0.3) is 0 Å². The number of hydrogen-bond donors (Lipinski definition) is 2. The first-order chi connectivity index (χ1) is 9.64. The van der Waals surface area contributed by atoms with Crippen molar-refractivity contribution in [1.29, 1.82) is 0 Å². The Labute approximate surface area is 121 Å². The molecule has 0 saturated heterocycles. The highest BCUT2D eigenvalue weighted by Gasteiger charge is 2.43. The Morgan fingerprint density at radius 3 is 2.85 bits per heavy atom. The van der Waals surface area contributed by atoms with Gasteiger partial charge in [0.15, 0.2) is 0 Å². The van der Waals surface area contributed by atoms with Crippen molar-refractivity contribution in [3.8, 4) is 0 Å². The van der Waals surface area contributed by atoms with Crippen LogP contribution in [-0.2, 0) is 5.54 Å². The van der Waals surface area contributed by atoms with Crippen molar-refractivity contribution in [2.24, 2.45) is 16.6 Å². The Bertz CT molecular complexity index is 574. The third-order valence-corrected chi connectivity index (χ3v) is 4.71. The minimum Gasteiger partial charge on any atom is -0.370 e. The summed E-state index contributed by atoms with van der Waals surface area (Å²) >= 11 is 0. The molecule has 3 heteroatoms. The SMILES string of the molecule is Cc1cccc(C(N)(C2=NCCN2)C2C=CCC2)c1C. The average Bonchev–Trinajstić information content (AvgIpc) is 3.14. The molecule has 0 saturated carbocycles. The predicted octanol–water partition coefficient (Wildman–Crippen LogP) is 2.43. The van der Waals surface area contributed by atoms with Crippen LogP contribution in [-0.4, -0.2) is 18.9 Å². The largest absolute Gasteiger partial charge is 0.370 e. The molecule has 1 aromatic carbocycles. The average molecular weight is 269 g/mol. The number of nitrogens with two attached hydrogens (primary N) is 1. The predicted molar refractivity (Wildman–Crippen MR) is 84.0 cm³/mol. The van der Waals surface area contributed by atoms with Gasteiger partial charge in [-0.15, -0.1) is 0 Å². The van der Waals surface area contributed by atoms with Crippen molar-refractivity contribution in [3.05, 3.63) is 47.0 Å². The molecule has 0 fully saturated rings. The van der Waals surface area contributed by atoms with Gasteiger partial charge >= 0.3 is 0 Å². The quantitative estimate of drug-likeness (QED) is 0.828. The van der Waals surface area contributed by atoms with Crippen LogP contribution in [0.2, 0.25) is 0 Å². The van der Waals surface area contributed by atoms with Gasteiger partial charge < -0.3 is 11.1 Å². The van der Waals surface area contributed by atoms with Crippen LogP contribution in [0, 0.1) is 19.8 Å². The molecule has 0 spiro atoms. The van der Waals surface area contributed by atoms with Crippen LogP contribution in [0.5, 0.6) is 0 Å². The van der Waals surface area contributed by atoms with E-state index >= 15 is 0 Å². The van der Waals surface area contributed by atoms with E-state index in [0.717, 1.165) is 31.8 Å². The molecular formula is C17H23N3. The van der Waals surface area contributed by atoms with Crippen LogP contribution in [0.4, 0.5) is 0 Å². The molecule has 2 unspecified atom stereocenters. The molecule has 0 amide bonds. The maximum atomic E-state index is 6.96. The lowest BCUT2D eigenvalue weighted by molar-refractivity contribution is 0.422. The summed E-state index contributed by atoms with van der Waals surface area (Å²) in [4.78, 5) is 4.65. The van der Waals surface area contributed by atoms with Crippen LogP contribution < -0.4 is 11.1 Å². The highest BCUT2D eigenvalue weighted by Crippen LogP contribution is 2.38. The third kappa shape index (κ3) is 1.97. The number of nitrogens with zero attached hydrogens (tertiary/aromatic N) is 1. The first-order valence-electron chi connectivity index (χ1n) is 7.45. The van der Waals surface area contributed by atoms with E-state index in [9.17, 15) is 0 Å². The number of rotatable bonds is 3. The van der Waals surface area contributed by atoms with Crippen molar-refractivity contribution in [3.63, 3.8) is 0 Å². The van der Waals surface area contributed by atoms with Gasteiger partial charge in [-0.05, 0) is 43.4 Å². The van der Waals surface area contributed by atoms with Gasteiger partial charge in [0.2, 0.25) is 0 Å². The minimum atomic E-state index is -0.514. The minimum absolute atomic E-state index is 0.326. The second-order valence-electron chi connectivity index (χ2n) is 5.89. The lowest BCUT2D eigenvalue weighted by atomic mass is 9.75. The molecule has 1 heterocycles. The number of hydrogen-bond acceptors (Lipinski definition) is 3. The van der Waals surface area contributed by atoms with E-state index in [4.69, 9.17) is 5.73 Å². The van der Waals surface area contributed by atoms with Crippen molar-refractivity contribution < 1.29 is 0 Å². The summed E-state index contributed by atoms with van der Waals surface area (Å²) in [7, 11) is 0. The summed E-state index contributed by atoms with van der Waals surface area (Å²) in [5, 5.41) is 3.41. The summed E-state index contributed by atoms with van der Waals surface area (Å²) in [5.74, 6) is 1.29. The van der Waals surface area contributed by atoms with E-state index in [-0.39, 0.29) is 0 Å². The molecule has 0 radical (unpaired) electrons. The molecule has 3 N–H and O–H groups in total. The molecule has 0 bridgehead atoms. The Morgan fingerprint density at radius 1 is 1.35 bits per heavy atom. The number of amidine groups is 1. The number of nitrogens with one attached hydrogen (secondary N) is 1. The van der Waals surface area contributed by atoms with Gasteiger partial charge in [0, 0.05) is 12.5 Å². The molecule has 3 nitrogen and oxygen atoms in total. The normalized spacial score (nSPS) is 24.4. The van der Waals surface area contributed by atoms with Crippen molar-refractivity contribution in [2.45, 2.75) is 32.2 Å². The lowest BCUT2D eigenvalue weighted by Gasteiger charge is -2.37. The standard InChI is InChI=1S/C17H23N3/c1-12-6-5-9-15(13(12)2)17(18,14-7-3-4-8-14)16-19-10-11-20-16/h3,5-7,9,14H,4,8,10-11,18H2,1-2H3,(H,19,20). The molecular weight excluding hydrogens is 246 g/mol. The Hall–Kier alpha value is -1.61. The van der Waals surface area contributed by atoms with E-state index in [2.05, 4.69) is 54.5 Å². The fraction of sp³-hybridized carbons (Fsp3) is 0.471. The first kappa shape index (κ1) is 13.4. The van der Waals surface area contributed by atoms with Gasteiger partial charge in [-0.25, -0.2) is 0 Å². The molecule has 1 aromatic rings. The van der Waals surface area contributed by atoms with Gasteiger partial charge in [0.05, 0.1) is 6.54 Å². The van der Waals surface area contributed by atoms with Gasteiger partial charge in [-0.3, -0.25) is 4.99 Å². The molecule has 1 aliphatic carbocycles. The van der Waals surface area contributed by atoms with Crippen LogP contribution in [0.3, 0.4) is 0 Å². The smallest absolute Gasteiger partial charge is 0.122 e. The zero-order chi connectivity index (χ0) is 14.2. The van der Waals surface area contributed by atoms with Crippen LogP contribution in [0.15, 0.2) is 35.3 Å². The summed E-state index contributed by atoms with van der Waals surface area (Å²) in [5.41, 5.74) is 10.2. The van der Waals surface area contributed by atoms with Crippen LogP contribution in [0.25, 0.3) is 0 Å². The first-order valence-corrected chi connectivity index (χ1v) is 7.45. The molecule has 2 aliphatic rings. The maximum Gasteiger partial charge on any atom is 0.122 e. The number of aliphatic imine (C=N–C) groups is 1. The van der Waals surface area contributed by atoms with Gasteiger partial charge in [-0.2, -0.15) is 0 Å². The second kappa shape index (κ2) is 5.06. The third-order valence-electron chi connectivity index (χ3n) is 4.71. The Kier molecular flexibility index (Phi) is 3.38. The Morgan fingerprint density at radius 2 is 2.20 bits per heavy atom. The maximum absolute atomic E-state index is 6.96. The highest BCUT2D eigenvalue weighted by atomic mass is 15.1. The number of allylic oxidation sites excluding steroid dienone is 1. The fourth-order valence-corrected chi connectivity index (χ4v) is 3.39. The van der Waals surface area contributed by atoms with Crippen molar-refractivity contribution >= 4 is 5.84 Å². The van der Waals surface area contributed by atoms with E-state index < -0.39 is 5.54 Å². The number of aryl methyl sites for hydroxylation is 1. The summed E-state index contributed by atoms with van der Waals surface area (Å²) < 4.78 is 0. The lowest BCUT2D eigenvalue weighted by Crippen LogP contribution is -2.54. The molecule has 2 atom stereocenters. The van der Waals surface area contributed by atoms with E-state index in [0.29, 0.717) is 5.92 Å². The van der Waals surface area contributed by atoms with Gasteiger partial charge in [-0.1, -0.05) is 30.4 Å². The summed E-state index contributed by atoms with van der Waals surface area (Å²) in [6, 6.07) is 6.41. The molecule has 106 valence electrons.